The monoisotopic (exact) mass is 646 g/mol. The first kappa shape index (κ1) is 32.3. The lowest BCUT2D eigenvalue weighted by Crippen LogP contribution is -2.39. The molecule has 4 aromatic rings. The van der Waals surface area contributed by atoms with Crippen LogP contribution in [0.4, 0.5) is 5.69 Å². The Morgan fingerprint density at radius 1 is 0.761 bits per heavy atom. The van der Waals surface area contributed by atoms with E-state index in [1.165, 1.54) is 38.5 Å². The summed E-state index contributed by atoms with van der Waals surface area (Å²) in [6.07, 6.45) is 2.62. The van der Waals surface area contributed by atoms with Gasteiger partial charge in [0.2, 0.25) is 10.0 Å². The number of carbonyl (C=O) groups excluding carboxylic acids is 1. The standard InChI is InChI=1S/C34H34N2O9S/c1-42-31-20-19-28(21-32(31)43-2)46(40,41)36-23-9-13-25(14-10-23)45-27-17-15-26(16-18-27)44-24-11-7-22(8-12-24)33(37)35-30-6-4-3-5-29(30)34(38)39/h3-8,11-12,15-21,23,25,36H,9-10,13-14H2,1-2H3,(H,35,37)(H,38,39). The molecule has 1 aliphatic carbocycles. The third-order valence-corrected chi connectivity index (χ3v) is 9.06. The van der Waals surface area contributed by atoms with Gasteiger partial charge in [-0.3, -0.25) is 4.79 Å². The number of benzene rings is 4. The molecule has 0 radical (unpaired) electrons. The van der Waals surface area contributed by atoms with Gasteiger partial charge in [-0.25, -0.2) is 17.9 Å². The molecule has 0 atom stereocenters. The van der Waals surface area contributed by atoms with Crippen LogP contribution in [0, 0.1) is 0 Å². The van der Waals surface area contributed by atoms with Crippen LogP contribution in [0.3, 0.4) is 0 Å². The van der Waals surface area contributed by atoms with Crippen LogP contribution in [0.5, 0.6) is 28.7 Å². The first-order chi connectivity index (χ1) is 22.1. The average Bonchev–Trinajstić information content (AvgIpc) is 3.06. The van der Waals surface area contributed by atoms with Crippen molar-refractivity contribution >= 4 is 27.6 Å². The van der Waals surface area contributed by atoms with Gasteiger partial charge < -0.3 is 29.4 Å². The van der Waals surface area contributed by atoms with Crippen molar-refractivity contribution in [3.8, 4) is 28.7 Å². The van der Waals surface area contributed by atoms with Gasteiger partial charge in [-0.05, 0) is 98.5 Å². The summed E-state index contributed by atoms with van der Waals surface area (Å²) in [5.74, 6) is 1.01. The minimum absolute atomic E-state index is 0.00537. The summed E-state index contributed by atoms with van der Waals surface area (Å²) >= 11 is 0. The second-order valence-corrected chi connectivity index (χ2v) is 12.3. The number of hydrogen-bond acceptors (Lipinski definition) is 8. The van der Waals surface area contributed by atoms with E-state index < -0.39 is 21.9 Å². The number of carboxylic acid groups (broad SMARTS) is 1. The van der Waals surface area contributed by atoms with E-state index in [9.17, 15) is 23.1 Å². The quantitative estimate of drug-likeness (QED) is 0.166. The molecule has 46 heavy (non-hydrogen) atoms. The Balaban J connectivity index is 1.09. The highest BCUT2D eigenvalue weighted by Crippen LogP contribution is 2.31. The predicted molar refractivity (Wildman–Crippen MR) is 171 cm³/mol. The fraction of sp³-hybridized carbons (Fsp3) is 0.235. The number of carbonyl (C=O) groups is 2. The van der Waals surface area contributed by atoms with Crippen LogP contribution in [0.15, 0.2) is 95.9 Å². The number of aromatic carboxylic acids is 1. The van der Waals surface area contributed by atoms with E-state index in [2.05, 4.69) is 10.0 Å². The second kappa shape index (κ2) is 14.4. The van der Waals surface area contributed by atoms with E-state index in [1.54, 1.807) is 54.6 Å². The molecule has 240 valence electrons. The topological polar surface area (TPSA) is 149 Å². The van der Waals surface area contributed by atoms with Crippen molar-refractivity contribution in [1.82, 2.24) is 4.72 Å². The molecule has 4 aromatic carbocycles. The lowest BCUT2D eigenvalue weighted by atomic mass is 9.94. The molecule has 0 unspecified atom stereocenters. The molecule has 5 rings (SSSR count). The van der Waals surface area contributed by atoms with Gasteiger partial charge >= 0.3 is 5.97 Å². The van der Waals surface area contributed by atoms with Crippen LogP contribution < -0.4 is 29.0 Å². The number of methoxy groups -OCH3 is 2. The van der Waals surface area contributed by atoms with E-state index in [0.717, 1.165) is 0 Å². The number of para-hydroxylation sites is 1. The lowest BCUT2D eigenvalue weighted by Gasteiger charge is -2.29. The van der Waals surface area contributed by atoms with Gasteiger partial charge in [-0.15, -0.1) is 0 Å². The zero-order valence-corrected chi connectivity index (χ0v) is 26.1. The summed E-state index contributed by atoms with van der Waals surface area (Å²) in [6.45, 7) is 0. The third kappa shape index (κ3) is 7.95. The van der Waals surface area contributed by atoms with Crippen molar-refractivity contribution in [2.24, 2.45) is 0 Å². The van der Waals surface area contributed by atoms with Crippen molar-refractivity contribution in [3.63, 3.8) is 0 Å². The van der Waals surface area contributed by atoms with Crippen molar-refractivity contribution in [1.29, 1.82) is 0 Å². The number of sulfonamides is 1. The van der Waals surface area contributed by atoms with Crippen LogP contribution in [-0.4, -0.2) is 51.8 Å². The Hall–Kier alpha value is -5.07. The van der Waals surface area contributed by atoms with Crippen LogP contribution in [0.1, 0.15) is 46.4 Å². The molecule has 3 N–H and O–H groups in total. The zero-order valence-electron chi connectivity index (χ0n) is 25.3. The maximum Gasteiger partial charge on any atom is 0.337 e. The molecular weight excluding hydrogens is 612 g/mol. The molecular formula is C34H34N2O9S. The summed E-state index contributed by atoms with van der Waals surface area (Å²) in [4.78, 5) is 24.2. The normalized spacial score (nSPS) is 16.2. The maximum absolute atomic E-state index is 13.0. The van der Waals surface area contributed by atoms with E-state index in [1.807, 2.05) is 12.1 Å². The maximum atomic E-state index is 13.0. The predicted octanol–water partition coefficient (Wildman–Crippen LogP) is 6.12. The molecule has 11 nitrogen and oxygen atoms in total. The van der Waals surface area contributed by atoms with Gasteiger partial charge in [0, 0.05) is 17.7 Å². The SMILES string of the molecule is COc1ccc(S(=O)(=O)NC2CCC(Oc3ccc(Oc4ccc(C(=O)Nc5ccccc5C(=O)O)cc4)cc3)CC2)cc1OC. The molecule has 0 spiro atoms. The molecule has 0 aromatic heterocycles. The van der Waals surface area contributed by atoms with Crippen LogP contribution in [-0.2, 0) is 10.0 Å². The highest BCUT2D eigenvalue weighted by Gasteiger charge is 2.27. The highest BCUT2D eigenvalue weighted by molar-refractivity contribution is 7.89. The van der Waals surface area contributed by atoms with E-state index in [4.69, 9.17) is 18.9 Å². The summed E-state index contributed by atoms with van der Waals surface area (Å²) < 4.78 is 51.2. The molecule has 0 aliphatic heterocycles. The summed E-state index contributed by atoms with van der Waals surface area (Å²) in [5.41, 5.74) is 0.567. The Labute approximate surface area is 267 Å². The van der Waals surface area contributed by atoms with Crippen molar-refractivity contribution in [3.05, 3.63) is 102 Å². The molecule has 1 saturated carbocycles. The van der Waals surface area contributed by atoms with E-state index in [-0.39, 0.29) is 28.3 Å². The molecule has 1 amide bonds. The molecule has 12 heteroatoms. The summed E-state index contributed by atoms with van der Waals surface area (Å²) in [7, 11) is -0.776. The van der Waals surface area contributed by atoms with Gasteiger partial charge in [-0.2, -0.15) is 0 Å². The summed E-state index contributed by atoms with van der Waals surface area (Å²) in [5, 5.41) is 12.0. The number of amides is 1. The van der Waals surface area contributed by atoms with Gasteiger partial charge in [0.05, 0.1) is 36.5 Å². The lowest BCUT2D eigenvalue weighted by molar-refractivity contribution is 0.0698. The Morgan fingerprint density at radius 2 is 1.37 bits per heavy atom. The largest absolute Gasteiger partial charge is 0.493 e. The number of hydrogen-bond donors (Lipinski definition) is 3. The molecule has 0 heterocycles. The number of rotatable bonds is 12. The fourth-order valence-electron chi connectivity index (χ4n) is 5.13. The molecule has 1 fully saturated rings. The van der Waals surface area contributed by atoms with Gasteiger partial charge in [0.25, 0.3) is 5.91 Å². The highest BCUT2D eigenvalue weighted by atomic mass is 32.2. The van der Waals surface area contributed by atoms with E-state index >= 15 is 0 Å². The van der Waals surface area contributed by atoms with Crippen LogP contribution in [0.25, 0.3) is 0 Å². The molecule has 0 saturated heterocycles. The minimum atomic E-state index is -3.73. The number of anilines is 1. The minimum Gasteiger partial charge on any atom is -0.493 e. The van der Waals surface area contributed by atoms with Crippen molar-refractivity contribution in [2.75, 3.05) is 19.5 Å². The van der Waals surface area contributed by atoms with Gasteiger partial charge in [0.1, 0.15) is 17.2 Å². The average molecular weight is 647 g/mol. The van der Waals surface area contributed by atoms with Crippen molar-refractivity contribution < 1.29 is 42.1 Å². The number of ether oxygens (including phenoxy) is 4. The second-order valence-electron chi connectivity index (χ2n) is 10.6. The smallest absolute Gasteiger partial charge is 0.337 e. The third-order valence-electron chi connectivity index (χ3n) is 7.55. The van der Waals surface area contributed by atoms with Gasteiger partial charge in [-0.1, -0.05) is 12.1 Å². The zero-order chi connectivity index (χ0) is 32.7. The first-order valence-electron chi connectivity index (χ1n) is 14.6. The summed E-state index contributed by atoms with van der Waals surface area (Å²) in [6, 6.07) is 24.2. The fourth-order valence-corrected chi connectivity index (χ4v) is 6.45. The Morgan fingerprint density at radius 3 is 2.00 bits per heavy atom. The number of carboxylic acids is 1. The Bertz CT molecular complexity index is 1780. The van der Waals surface area contributed by atoms with Crippen LogP contribution in [0.2, 0.25) is 0 Å². The van der Waals surface area contributed by atoms with E-state index in [0.29, 0.717) is 60.0 Å². The number of nitrogens with one attached hydrogen (secondary N) is 2. The Kier molecular flexibility index (Phi) is 10.1. The van der Waals surface area contributed by atoms with Crippen molar-refractivity contribution in [2.45, 2.75) is 42.7 Å². The molecule has 0 bridgehead atoms. The first-order valence-corrected chi connectivity index (χ1v) is 16.1. The molecule has 1 aliphatic rings. The van der Waals surface area contributed by atoms with Gasteiger partial charge in [0.15, 0.2) is 11.5 Å². The van der Waals surface area contributed by atoms with Crippen LogP contribution >= 0.6 is 0 Å².